The highest BCUT2D eigenvalue weighted by Gasteiger charge is 2.28. The number of morpholine rings is 1. The van der Waals surface area contributed by atoms with Gasteiger partial charge in [0.2, 0.25) is 5.95 Å². The third-order valence-electron chi connectivity index (χ3n) is 4.71. The fraction of sp³-hybridized carbons (Fsp3) is 0.471. The number of carbonyl (C=O) groups excluding carboxylic acids is 1. The highest BCUT2D eigenvalue weighted by Crippen LogP contribution is 2.31. The number of primary amides is 1. The molecule has 0 bridgehead atoms. The van der Waals surface area contributed by atoms with Crippen LogP contribution in [0.3, 0.4) is 0 Å². The first-order valence-corrected chi connectivity index (χ1v) is 8.71. The molecule has 1 unspecified atom stereocenters. The SMILES string of the molecule is NC(=O)OC1CCN(c2nc(N3CCOCC3)nc3cc(N)ccc23)C1. The molecule has 2 fully saturated rings. The first-order chi connectivity index (χ1) is 12.6. The quantitative estimate of drug-likeness (QED) is 0.770. The minimum Gasteiger partial charge on any atom is -0.444 e. The van der Waals surface area contributed by atoms with Crippen LogP contribution >= 0.6 is 0 Å². The Balaban J connectivity index is 1.71. The number of nitrogen functional groups attached to an aromatic ring is 1. The van der Waals surface area contributed by atoms with Gasteiger partial charge in [0.05, 0.1) is 25.3 Å². The van der Waals surface area contributed by atoms with Crippen LogP contribution in [-0.2, 0) is 9.47 Å². The van der Waals surface area contributed by atoms with Crippen LogP contribution in [0, 0.1) is 0 Å². The molecular weight excluding hydrogens is 336 g/mol. The molecule has 2 aromatic rings. The predicted molar refractivity (Wildman–Crippen MR) is 98.3 cm³/mol. The molecule has 1 aromatic heterocycles. The summed E-state index contributed by atoms with van der Waals surface area (Å²) in [6.07, 6.45) is -0.250. The Kier molecular flexibility index (Phi) is 4.37. The van der Waals surface area contributed by atoms with Crippen LogP contribution in [0.2, 0.25) is 0 Å². The summed E-state index contributed by atoms with van der Waals surface area (Å²) in [6.45, 7) is 4.11. The number of benzene rings is 1. The maximum absolute atomic E-state index is 11.0. The molecule has 1 amide bonds. The average Bonchev–Trinajstić information content (AvgIpc) is 3.08. The Morgan fingerprint density at radius 3 is 2.77 bits per heavy atom. The van der Waals surface area contributed by atoms with Crippen molar-refractivity contribution < 1.29 is 14.3 Å². The van der Waals surface area contributed by atoms with Crippen molar-refractivity contribution in [3.8, 4) is 0 Å². The number of aromatic nitrogens is 2. The molecule has 9 heteroatoms. The van der Waals surface area contributed by atoms with Crippen molar-refractivity contribution in [2.75, 3.05) is 54.9 Å². The van der Waals surface area contributed by atoms with Gasteiger partial charge in [-0.25, -0.2) is 9.78 Å². The van der Waals surface area contributed by atoms with E-state index in [1.165, 1.54) is 0 Å². The van der Waals surface area contributed by atoms with Crippen LogP contribution in [0.4, 0.5) is 22.2 Å². The molecule has 2 aliphatic rings. The van der Waals surface area contributed by atoms with Crippen LogP contribution < -0.4 is 21.3 Å². The summed E-state index contributed by atoms with van der Waals surface area (Å²) in [5.74, 6) is 1.49. The number of hydrogen-bond acceptors (Lipinski definition) is 8. The minimum atomic E-state index is -0.744. The number of ether oxygens (including phenoxy) is 2. The number of nitrogens with zero attached hydrogens (tertiary/aromatic N) is 4. The number of rotatable bonds is 3. The lowest BCUT2D eigenvalue weighted by Gasteiger charge is -2.28. The average molecular weight is 358 g/mol. The zero-order valence-electron chi connectivity index (χ0n) is 14.4. The molecule has 1 atom stereocenters. The van der Waals surface area contributed by atoms with Crippen LogP contribution in [0.25, 0.3) is 10.9 Å². The monoisotopic (exact) mass is 358 g/mol. The molecule has 4 N–H and O–H groups in total. The van der Waals surface area contributed by atoms with E-state index >= 15 is 0 Å². The topological polar surface area (TPSA) is 120 Å². The third-order valence-corrected chi connectivity index (χ3v) is 4.71. The number of fused-ring (bicyclic) bond motifs is 1. The van der Waals surface area contributed by atoms with Crippen molar-refractivity contribution >= 4 is 34.4 Å². The normalized spacial score (nSPS) is 20.5. The highest BCUT2D eigenvalue weighted by atomic mass is 16.6. The van der Waals surface area contributed by atoms with Crippen LogP contribution in [0.15, 0.2) is 18.2 Å². The van der Waals surface area contributed by atoms with Gasteiger partial charge in [0.25, 0.3) is 0 Å². The van der Waals surface area contributed by atoms with Gasteiger partial charge in [-0.2, -0.15) is 4.98 Å². The molecule has 9 nitrogen and oxygen atoms in total. The summed E-state index contributed by atoms with van der Waals surface area (Å²) in [5.41, 5.74) is 12.6. The third kappa shape index (κ3) is 3.30. The molecule has 0 spiro atoms. The minimum absolute atomic E-state index is 0.224. The Hall–Kier alpha value is -2.81. The summed E-state index contributed by atoms with van der Waals surface area (Å²) in [7, 11) is 0. The van der Waals surface area contributed by atoms with E-state index in [0.29, 0.717) is 31.4 Å². The number of amides is 1. The molecule has 26 heavy (non-hydrogen) atoms. The number of anilines is 3. The maximum atomic E-state index is 11.0. The second kappa shape index (κ2) is 6.83. The first kappa shape index (κ1) is 16.6. The smallest absolute Gasteiger partial charge is 0.404 e. The molecular formula is C17H22N6O3. The highest BCUT2D eigenvalue weighted by molar-refractivity contribution is 5.92. The summed E-state index contributed by atoms with van der Waals surface area (Å²) in [6, 6.07) is 5.64. The van der Waals surface area contributed by atoms with Crippen LogP contribution in [0.5, 0.6) is 0 Å². The fourth-order valence-electron chi connectivity index (χ4n) is 3.44. The van der Waals surface area contributed by atoms with Gasteiger partial charge >= 0.3 is 6.09 Å². The molecule has 0 saturated carbocycles. The molecule has 2 aliphatic heterocycles. The van der Waals surface area contributed by atoms with Gasteiger partial charge in [0, 0.05) is 37.1 Å². The van der Waals surface area contributed by atoms with Crippen LogP contribution in [-0.4, -0.2) is 61.6 Å². The standard InChI is InChI=1S/C17H22N6O3/c18-11-1-2-13-14(9-11)20-17(22-5-7-25-8-6-22)21-15(13)23-4-3-12(10-23)26-16(19)24/h1-2,9,12H,3-8,10,18H2,(H2,19,24). The predicted octanol–water partition coefficient (Wildman–Crippen LogP) is 0.723. The van der Waals surface area contributed by atoms with Crippen molar-refractivity contribution in [2.45, 2.75) is 12.5 Å². The van der Waals surface area contributed by atoms with E-state index in [0.717, 1.165) is 42.8 Å². The maximum Gasteiger partial charge on any atom is 0.404 e. The van der Waals surface area contributed by atoms with Crippen molar-refractivity contribution in [2.24, 2.45) is 5.73 Å². The van der Waals surface area contributed by atoms with E-state index in [-0.39, 0.29) is 6.10 Å². The van der Waals surface area contributed by atoms with Gasteiger partial charge < -0.3 is 30.7 Å². The molecule has 4 rings (SSSR count). The second-order valence-electron chi connectivity index (χ2n) is 6.52. The van der Waals surface area contributed by atoms with Crippen molar-refractivity contribution in [3.63, 3.8) is 0 Å². The summed E-state index contributed by atoms with van der Waals surface area (Å²) < 4.78 is 10.6. The van der Waals surface area contributed by atoms with E-state index < -0.39 is 6.09 Å². The molecule has 138 valence electrons. The Labute approximate surface area is 150 Å². The molecule has 0 aliphatic carbocycles. The number of nitrogens with two attached hydrogens (primary N) is 2. The van der Waals surface area contributed by atoms with Gasteiger partial charge in [0.15, 0.2) is 0 Å². The van der Waals surface area contributed by atoms with E-state index in [2.05, 4.69) is 9.80 Å². The molecule has 0 radical (unpaired) electrons. The molecule has 3 heterocycles. The van der Waals surface area contributed by atoms with Crippen molar-refractivity contribution in [3.05, 3.63) is 18.2 Å². The Morgan fingerprint density at radius 1 is 1.19 bits per heavy atom. The number of carbonyl (C=O) groups is 1. The lowest BCUT2D eigenvalue weighted by molar-refractivity contribution is 0.117. The second-order valence-corrected chi connectivity index (χ2v) is 6.52. The van der Waals surface area contributed by atoms with Crippen molar-refractivity contribution in [1.29, 1.82) is 0 Å². The van der Waals surface area contributed by atoms with E-state index in [4.69, 9.17) is 30.9 Å². The van der Waals surface area contributed by atoms with Gasteiger partial charge in [-0.05, 0) is 18.2 Å². The number of hydrogen-bond donors (Lipinski definition) is 2. The lowest BCUT2D eigenvalue weighted by Crippen LogP contribution is -2.37. The lowest BCUT2D eigenvalue weighted by atomic mass is 10.2. The molecule has 1 aromatic carbocycles. The van der Waals surface area contributed by atoms with E-state index in [1.54, 1.807) is 0 Å². The van der Waals surface area contributed by atoms with Crippen LogP contribution in [0.1, 0.15) is 6.42 Å². The Morgan fingerprint density at radius 2 is 2.00 bits per heavy atom. The summed E-state index contributed by atoms with van der Waals surface area (Å²) in [4.78, 5) is 24.8. The zero-order chi connectivity index (χ0) is 18.1. The zero-order valence-corrected chi connectivity index (χ0v) is 14.4. The Bertz CT molecular complexity index is 823. The van der Waals surface area contributed by atoms with Gasteiger partial charge in [-0.15, -0.1) is 0 Å². The van der Waals surface area contributed by atoms with Gasteiger partial charge in [0.1, 0.15) is 11.9 Å². The molecule has 2 saturated heterocycles. The largest absolute Gasteiger partial charge is 0.444 e. The van der Waals surface area contributed by atoms with Crippen molar-refractivity contribution in [1.82, 2.24) is 9.97 Å². The van der Waals surface area contributed by atoms with Gasteiger partial charge in [-0.1, -0.05) is 0 Å². The van der Waals surface area contributed by atoms with E-state index in [9.17, 15) is 4.79 Å². The fourth-order valence-corrected chi connectivity index (χ4v) is 3.44. The van der Waals surface area contributed by atoms with E-state index in [1.807, 2.05) is 18.2 Å². The first-order valence-electron chi connectivity index (χ1n) is 8.71. The van der Waals surface area contributed by atoms with Gasteiger partial charge in [-0.3, -0.25) is 0 Å². The summed E-state index contributed by atoms with van der Waals surface area (Å²) in [5, 5.41) is 0.927. The summed E-state index contributed by atoms with van der Waals surface area (Å²) >= 11 is 0.